The van der Waals surface area contributed by atoms with Gasteiger partial charge in [0.2, 0.25) is 17.3 Å². The molecule has 1 aliphatic carbocycles. The molecule has 36 heavy (non-hydrogen) atoms. The number of aliphatic imine (C=N–C) groups is 1. The van der Waals surface area contributed by atoms with Crippen LogP contribution in [0.3, 0.4) is 0 Å². The van der Waals surface area contributed by atoms with Crippen molar-refractivity contribution < 1.29 is 38.2 Å². The lowest BCUT2D eigenvalue weighted by molar-refractivity contribution is -0.118. The Kier molecular flexibility index (Phi) is 7.32. The number of aliphatic hydroxyl groups excluding tert-OH is 1. The van der Waals surface area contributed by atoms with Crippen LogP contribution in [-0.4, -0.2) is 73.1 Å². The van der Waals surface area contributed by atoms with E-state index in [0.717, 1.165) is 0 Å². The van der Waals surface area contributed by atoms with Gasteiger partial charge in [-0.15, -0.1) is 0 Å². The Morgan fingerprint density at radius 2 is 2.00 bits per heavy atom. The van der Waals surface area contributed by atoms with Gasteiger partial charge in [-0.1, -0.05) is 23.7 Å². The molecule has 0 bridgehead atoms. The first-order valence-corrected chi connectivity index (χ1v) is 11.6. The molecule has 1 N–H and O–H groups in total. The number of carbonyl (C=O) groups excluding carboxylic acids is 2. The van der Waals surface area contributed by atoms with Gasteiger partial charge >= 0.3 is 0 Å². The van der Waals surface area contributed by atoms with Crippen molar-refractivity contribution in [3.8, 4) is 17.2 Å². The van der Waals surface area contributed by atoms with Crippen LogP contribution in [-0.2, 0) is 22.4 Å². The maximum absolute atomic E-state index is 13.7. The van der Waals surface area contributed by atoms with Gasteiger partial charge in [0.25, 0.3) is 0 Å². The van der Waals surface area contributed by atoms with Crippen LogP contribution in [0.5, 0.6) is 17.2 Å². The minimum atomic E-state index is -1.84. The second-order valence-corrected chi connectivity index (χ2v) is 8.77. The van der Waals surface area contributed by atoms with Crippen molar-refractivity contribution in [2.75, 3.05) is 34.5 Å². The summed E-state index contributed by atoms with van der Waals surface area (Å²) < 4.78 is 26.9. The number of halogens is 1. The fourth-order valence-electron chi connectivity index (χ4n) is 4.31. The molecule has 0 radical (unpaired) electrons. The standard InChI is InChI=1S/C24H26ClN3O8/c1-12-9-14(29)13(11-26-7-5-18-27-17(28-36-18)6-8-32-2)22(30)24(12)23(31)19-15(33-3)10-16(34-4)20(25)21(19)35-24/h10-12,30H,5-9H2,1-4H3/t12-,24+/m1/s1. The van der Waals surface area contributed by atoms with Crippen molar-refractivity contribution >= 4 is 29.4 Å². The van der Waals surface area contributed by atoms with E-state index >= 15 is 0 Å². The van der Waals surface area contributed by atoms with Gasteiger partial charge in [-0.25, -0.2) is 0 Å². The van der Waals surface area contributed by atoms with Gasteiger partial charge in [0, 0.05) is 51.1 Å². The highest BCUT2D eigenvalue weighted by atomic mass is 35.5. The lowest BCUT2D eigenvalue weighted by Gasteiger charge is -2.36. The average molecular weight is 520 g/mol. The number of ketones is 2. The molecule has 0 amide bonds. The van der Waals surface area contributed by atoms with Crippen molar-refractivity contribution in [1.82, 2.24) is 10.1 Å². The van der Waals surface area contributed by atoms with E-state index in [1.54, 1.807) is 14.0 Å². The van der Waals surface area contributed by atoms with Gasteiger partial charge in [0.05, 0.1) is 26.4 Å². The van der Waals surface area contributed by atoms with Crippen LogP contribution >= 0.6 is 11.6 Å². The lowest BCUT2D eigenvalue weighted by atomic mass is 9.73. The number of nitrogens with zero attached hydrogens (tertiary/aromatic N) is 3. The highest BCUT2D eigenvalue weighted by Gasteiger charge is 2.60. The number of Topliss-reactive ketones (excluding diaryl/α,β-unsaturated/α-hetero) is 2. The number of carbonyl (C=O) groups is 2. The Hall–Kier alpha value is -3.44. The van der Waals surface area contributed by atoms with Gasteiger partial charge in [0.1, 0.15) is 22.1 Å². The number of aromatic nitrogens is 2. The normalized spacial score (nSPS) is 21.4. The molecular formula is C24H26ClN3O8. The smallest absolute Gasteiger partial charge is 0.231 e. The largest absolute Gasteiger partial charge is 0.507 e. The summed E-state index contributed by atoms with van der Waals surface area (Å²) in [6.45, 7) is 2.34. The molecule has 2 heterocycles. The Morgan fingerprint density at radius 1 is 1.25 bits per heavy atom. The summed E-state index contributed by atoms with van der Waals surface area (Å²) in [5, 5.41) is 15.2. The summed E-state index contributed by atoms with van der Waals surface area (Å²) >= 11 is 6.43. The van der Waals surface area contributed by atoms with E-state index in [1.807, 2.05) is 0 Å². The van der Waals surface area contributed by atoms with E-state index in [2.05, 4.69) is 15.1 Å². The van der Waals surface area contributed by atoms with Crippen LogP contribution in [0.15, 0.2) is 26.9 Å². The summed E-state index contributed by atoms with van der Waals surface area (Å²) in [6.07, 6.45) is 2.05. The van der Waals surface area contributed by atoms with Crippen molar-refractivity contribution in [2.24, 2.45) is 10.9 Å². The molecular weight excluding hydrogens is 494 g/mol. The van der Waals surface area contributed by atoms with Crippen molar-refractivity contribution in [3.05, 3.63) is 39.7 Å². The predicted octanol–water partition coefficient (Wildman–Crippen LogP) is 2.98. The molecule has 4 rings (SSSR count). The molecule has 2 aromatic rings. The van der Waals surface area contributed by atoms with E-state index in [9.17, 15) is 14.7 Å². The quantitative estimate of drug-likeness (QED) is 0.491. The van der Waals surface area contributed by atoms with Crippen LogP contribution in [0.1, 0.15) is 35.4 Å². The summed E-state index contributed by atoms with van der Waals surface area (Å²) in [6, 6.07) is 1.47. The molecule has 1 aliphatic heterocycles. The maximum Gasteiger partial charge on any atom is 0.231 e. The zero-order valence-corrected chi connectivity index (χ0v) is 21.0. The monoisotopic (exact) mass is 519 g/mol. The highest BCUT2D eigenvalue weighted by molar-refractivity contribution is 6.35. The number of hydrogen-bond acceptors (Lipinski definition) is 11. The van der Waals surface area contributed by atoms with E-state index < -0.39 is 23.1 Å². The first kappa shape index (κ1) is 25.6. The molecule has 192 valence electrons. The third-order valence-electron chi connectivity index (χ3n) is 6.23. The second kappa shape index (κ2) is 10.3. The van der Waals surface area contributed by atoms with Crippen LogP contribution in [0.4, 0.5) is 0 Å². The van der Waals surface area contributed by atoms with Crippen LogP contribution in [0.25, 0.3) is 0 Å². The van der Waals surface area contributed by atoms with Crippen molar-refractivity contribution in [3.63, 3.8) is 0 Å². The average Bonchev–Trinajstić information content (AvgIpc) is 3.45. The maximum atomic E-state index is 13.7. The Morgan fingerprint density at radius 3 is 2.69 bits per heavy atom. The zero-order valence-electron chi connectivity index (χ0n) is 20.3. The van der Waals surface area contributed by atoms with E-state index in [0.29, 0.717) is 31.2 Å². The summed E-state index contributed by atoms with van der Waals surface area (Å²) in [5.74, 6) is -0.756. The Labute approximate surface area is 212 Å². The third kappa shape index (κ3) is 4.22. The molecule has 0 fully saturated rings. The summed E-state index contributed by atoms with van der Waals surface area (Å²) in [5.41, 5.74) is -1.88. The minimum absolute atomic E-state index is 0.0302. The molecule has 0 saturated carbocycles. The topological polar surface area (TPSA) is 143 Å². The van der Waals surface area contributed by atoms with Crippen molar-refractivity contribution in [1.29, 1.82) is 0 Å². The molecule has 1 aromatic carbocycles. The van der Waals surface area contributed by atoms with E-state index in [-0.39, 0.29) is 52.2 Å². The summed E-state index contributed by atoms with van der Waals surface area (Å²) in [4.78, 5) is 35.0. The number of benzene rings is 1. The molecule has 2 atom stereocenters. The van der Waals surface area contributed by atoms with Gasteiger partial charge in [-0.2, -0.15) is 4.98 Å². The number of aliphatic hydroxyl groups is 1. The fourth-order valence-corrected chi connectivity index (χ4v) is 4.58. The third-order valence-corrected chi connectivity index (χ3v) is 6.58. The summed E-state index contributed by atoms with van der Waals surface area (Å²) in [7, 11) is 4.40. The van der Waals surface area contributed by atoms with Crippen LogP contribution in [0, 0.1) is 5.92 Å². The first-order chi connectivity index (χ1) is 17.3. The number of hydrogen-bond donors (Lipinski definition) is 1. The van der Waals surface area contributed by atoms with Gasteiger partial charge in [-0.05, 0) is 0 Å². The SMILES string of the molecule is COCCc1noc(CCN=CC2=C(O)[C@@]3(Oc4c(Cl)c(OC)cc(OC)c4C3=O)[C@H](C)CC2=O)n1. The minimum Gasteiger partial charge on any atom is -0.507 e. The van der Waals surface area contributed by atoms with Crippen LogP contribution < -0.4 is 14.2 Å². The molecule has 11 nitrogen and oxygen atoms in total. The lowest BCUT2D eigenvalue weighted by Crippen LogP contribution is -2.52. The molecule has 1 spiro atoms. The number of methoxy groups -OCH3 is 3. The number of rotatable bonds is 9. The number of allylic oxidation sites excluding steroid dienone is 1. The molecule has 0 saturated heterocycles. The predicted molar refractivity (Wildman–Crippen MR) is 128 cm³/mol. The van der Waals surface area contributed by atoms with Crippen LogP contribution in [0.2, 0.25) is 5.02 Å². The van der Waals surface area contributed by atoms with E-state index in [4.69, 9.17) is 35.1 Å². The zero-order chi connectivity index (χ0) is 26.0. The highest BCUT2D eigenvalue weighted by Crippen LogP contribution is 2.54. The van der Waals surface area contributed by atoms with Gasteiger partial charge < -0.3 is 28.6 Å². The molecule has 2 aliphatic rings. The molecule has 0 unspecified atom stereocenters. The molecule has 12 heteroatoms. The number of fused-ring (bicyclic) bond motifs is 1. The fraction of sp³-hybridized carbons (Fsp3) is 0.458. The Bertz CT molecular complexity index is 1250. The molecule has 1 aromatic heterocycles. The first-order valence-electron chi connectivity index (χ1n) is 11.2. The Balaban J connectivity index is 1.61. The van der Waals surface area contributed by atoms with Crippen molar-refractivity contribution in [2.45, 2.75) is 31.8 Å². The number of ether oxygens (including phenoxy) is 4. The van der Waals surface area contributed by atoms with E-state index in [1.165, 1.54) is 26.5 Å². The van der Waals surface area contributed by atoms with Gasteiger partial charge in [0.15, 0.2) is 23.1 Å². The second-order valence-electron chi connectivity index (χ2n) is 8.39. The van der Waals surface area contributed by atoms with Gasteiger partial charge in [-0.3, -0.25) is 14.6 Å².